The fourth-order valence-electron chi connectivity index (χ4n) is 2.31. The van der Waals surface area contributed by atoms with Crippen molar-refractivity contribution in [1.82, 2.24) is 4.98 Å². The number of rotatable bonds is 4. The van der Waals surface area contributed by atoms with Gasteiger partial charge in [-0.1, -0.05) is 36.4 Å². The molecule has 0 amide bonds. The molecule has 1 heterocycles. The number of hydrogen-bond acceptors (Lipinski definition) is 3. The topological polar surface area (TPSA) is 39.2 Å². The number of fused-ring (bicyclic) bond motifs is 1. The van der Waals surface area contributed by atoms with E-state index in [1.807, 2.05) is 61.5 Å². The zero-order valence-corrected chi connectivity index (χ0v) is 11.7. The molecule has 3 nitrogen and oxygen atoms in total. The molecule has 0 N–H and O–H groups in total. The Kier molecular flexibility index (Phi) is 3.65. The SMILES string of the molecule is Cc1cc2cccc(CC=O)c2nc1Oc1ccccc1. The lowest BCUT2D eigenvalue weighted by molar-refractivity contribution is -0.107. The van der Waals surface area contributed by atoms with Crippen LogP contribution in [0, 0.1) is 6.92 Å². The molecule has 2 aromatic carbocycles. The molecule has 0 bridgehead atoms. The molecule has 0 unspecified atom stereocenters. The molecule has 0 aliphatic carbocycles. The Bertz CT molecular complexity index is 782. The fraction of sp³-hybridized carbons (Fsp3) is 0.111. The molecule has 3 rings (SSSR count). The van der Waals surface area contributed by atoms with Gasteiger partial charge in [0.05, 0.1) is 5.52 Å². The average molecular weight is 277 g/mol. The Morgan fingerprint density at radius 3 is 2.67 bits per heavy atom. The van der Waals surface area contributed by atoms with Gasteiger partial charge in [-0.05, 0) is 30.7 Å². The van der Waals surface area contributed by atoms with Gasteiger partial charge in [0.2, 0.25) is 5.88 Å². The summed E-state index contributed by atoms with van der Waals surface area (Å²) in [6, 6.07) is 17.5. The van der Waals surface area contributed by atoms with Crippen molar-refractivity contribution in [3.8, 4) is 11.6 Å². The summed E-state index contributed by atoms with van der Waals surface area (Å²) < 4.78 is 5.85. The van der Waals surface area contributed by atoms with Gasteiger partial charge in [-0.15, -0.1) is 0 Å². The molecule has 0 fully saturated rings. The number of aldehydes is 1. The summed E-state index contributed by atoms with van der Waals surface area (Å²) in [4.78, 5) is 15.4. The lowest BCUT2D eigenvalue weighted by Crippen LogP contribution is -1.96. The van der Waals surface area contributed by atoms with Crippen molar-refractivity contribution in [1.29, 1.82) is 0 Å². The molecular formula is C18H15NO2. The van der Waals surface area contributed by atoms with Gasteiger partial charge in [0.1, 0.15) is 12.0 Å². The van der Waals surface area contributed by atoms with E-state index in [2.05, 4.69) is 4.98 Å². The highest BCUT2D eigenvalue weighted by Gasteiger charge is 2.09. The van der Waals surface area contributed by atoms with Crippen LogP contribution in [0.15, 0.2) is 54.6 Å². The Balaban J connectivity index is 2.08. The Morgan fingerprint density at radius 2 is 1.90 bits per heavy atom. The van der Waals surface area contributed by atoms with Crippen LogP contribution in [0.2, 0.25) is 0 Å². The lowest BCUT2D eigenvalue weighted by atomic mass is 10.1. The third-order valence-electron chi connectivity index (χ3n) is 3.33. The van der Waals surface area contributed by atoms with Crippen LogP contribution in [0.5, 0.6) is 11.6 Å². The maximum Gasteiger partial charge on any atom is 0.222 e. The predicted octanol–water partition coefficient (Wildman–Crippen LogP) is 4.08. The molecule has 0 aliphatic rings. The first-order chi connectivity index (χ1) is 10.3. The minimum absolute atomic E-state index is 0.359. The maximum absolute atomic E-state index is 10.8. The molecule has 0 saturated heterocycles. The average Bonchev–Trinajstić information content (AvgIpc) is 2.50. The van der Waals surface area contributed by atoms with Crippen LogP contribution >= 0.6 is 0 Å². The summed E-state index contributed by atoms with van der Waals surface area (Å²) in [7, 11) is 0. The van der Waals surface area contributed by atoms with Gasteiger partial charge < -0.3 is 9.53 Å². The zero-order chi connectivity index (χ0) is 14.7. The molecule has 0 spiro atoms. The van der Waals surface area contributed by atoms with Crippen molar-refractivity contribution >= 4 is 17.2 Å². The van der Waals surface area contributed by atoms with Crippen LogP contribution < -0.4 is 4.74 Å². The minimum Gasteiger partial charge on any atom is -0.439 e. The van der Waals surface area contributed by atoms with Gasteiger partial charge in [0.25, 0.3) is 0 Å². The largest absolute Gasteiger partial charge is 0.439 e. The van der Waals surface area contributed by atoms with E-state index in [-0.39, 0.29) is 0 Å². The first-order valence-electron chi connectivity index (χ1n) is 6.84. The molecule has 1 aromatic heterocycles. The van der Waals surface area contributed by atoms with Crippen molar-refractivity contribution in [2.75, 3.05) is 0 Å². The van der Waals surface area contributed by atoms with Crippen molar-refractivity contribution in [2.45, 2.75) is 13.3 Å². The molecule has 104 valence electrons. The standard InChI is InChI=1S/C18H15NO2/c1-13-12-15-7-5-6-14(10-11-20)17(15)19-18(13)21-16-8-3-2-4-9-16/h2-9,11-12H,10H2,1H3. The van der Waals surface area contributed by atoms with Crippen LogP contribution in [-0.4, -0.2) is 11.3 Å². The normalized spacial score (nSPS) is 10.5. The Hall–Kier alpha value is -2.68. The molecule has 0 radical (unpaired) electrons. The Labute approximate surface area is 123 Å². The van der Waals surface area contributed by atoms with Crippen LogP contribution in [0.3, 0.4) is 0 Å². The number of ether oxygens (including phenoxy) is 1. The van der Waals surface area contributed by atoms with Crippen LogP contribution in [-0.2, 0) is 11.2 Å². The van der Waals surface area contributed by atoms with E-state index in [9.17, 15) is 4.79 Å². The smallest absolute Gasteiger partial charge is 0.222 e. The second-order valence-electron chi connectivity index (χ2n) is 4.89. The number of aromatic nitrogens is 1. The van der Waals surface area contributed by atoms with Gasteiger partial charge >= 0.3 is 0 Å². The van der Waals surface area contributed by atoms with E-state index >= 15 is 0 Å². The number of nitrogens with zero attached hydrogens (tertiary/aromatic N) is 1. The number of carbonyl (C=O) groups is 1. The first-order valence-corrected chi connectivity index (χ1v) is 6.84. The third kappa shape index (κ3) is 2.77. The molecule has 0 aliphatic heterocycles. The van der Waals surface area contributed by atoms with E-state index < -0.39 is 0 Å². The Morgan fingerprint density at radius 1 is 1.10 bits per heavy atom. The van der Waals surface area contributed by atoms with E-state index in [1.54, 1.807) is 0 Å². The number of benzene rings is 2. The molecule has 0 saturated carbocycles. The summed E-state index contributed by atoms with van der Waals surface area (Å²) >= 11 is 0. The summed E-state index contributed by atoms with van der Waals surface area (Å²) in [5, 5.41) is 1.02. The molecule has 21 heavy (non-hydrogen) atoms. The van der Waals surface area contributed by atoms with Crippen molar-refractivity contribution in [3.63, 3.8) is 0 Å². The number of aryl methyl sites for hydroxylation is 1. The highest BCUT2D eigenvalue weighted by molar-refractivity contribution is 5.85. The zero-order valence-electron chi connectivity index (χ0n) is 11.7. The van der Waals surface area contributed by atoms with Crippen molar-refractivity contribution < 1.29 is 9.53 Å². The van der Waals surface area contributed by atoms with E-state index in [0.29, 0.717) is 12.3 Å². The predicted molar refractivity (Wildman–Crippen MR) is 82.8 cm³/mol. The first kappa shape index (κ1) is 13.3. The van der Waals surface area contributed by atoms with Crippen LogP contribution in [0.1, 0.15) is 11.1 Å². The number of hydrogen-bond donors (Lipinski definition) is 0. The van der Waals surface area contributed by atoms with E-state index in [4.69, 9.17) is 4.74 Å². The van der Waals surface area contributed by atoms with Gasteiger partial charge in [0.15, 0.2) is 0 Å². The molecule has 0 atom stereocenters. The lowest BCUT2D eigenvalue weighted by Gasteiger charge is -2.10. The highest BCUT2D eigenvalue weighted by atomic mass is 16.5. The van der Waals surface area contributed by atoms with Crippen LogP contribution in [0.4, 0.5) is 0 Å². The molecule has 3 aromatic rings. The summed E-state index contributed by atoms with van der Waals surface area (Å²) in [6.07, 6.45) is 1.26. The second-order valence-corrected chi connectivity index (χ2v) is 4.89. The molecular weight excluding hydrogens is 262 g/mol. The van der Waals surface area contributed by atoms with Gasteiger partial charge in [-0.3, -0.25) is 0 Å². The van der Waals surface area contributed by atoms with E-state index in [0.717, 1.165) is 34.1 Å². The van der Waals surface area contributed by atoms with Gasteiger partial charge in [-0.2, -0.15) is 0 Å². The maximum atomic E-state index is 10.8. The summed E-state index contributed by atoms with van der Waals surface area (Å²) in [6.45, 7) is 1.97. The van der Waals surface area contributed by atoms with Crippen molar-refractivity contribution in [2.24, 2.45) is 0 Å². The van der Waals surface area contributed by atoms with Gasteiger partial charge in [0, 0.05) is 17.4 Å². The van der Waals surface area contributed by atoms with Crippen LogP contribution in [0.25, 0.3) is 10.9 Å². The van der Waals surface area contributed by atoms with Crippen molar-refractivity contribution in [3.05, 3.63) is 65.7 Å². The quantitative estimate of drug-likeness (QED) is 0.675. The number of carbonyl (C=O) groups excluding carboxylic acids is 1. The second kappa shape index (κ2) is 5.75. The number of para-hydroxylation sites is 2. The van der Waals surface area contributed by atoms with Gasteiger partial charge in [-0.25, -0.2) is 4.98 Å². The monoisotopic (exact) mass is 277 g/mol. The van der Waals surface area contributed by atoms with E-state index in [1.165, 1.54) is 0 Å². The third-order valence-corrected chi connectivity index (χ3v) is 3.33. The summed E-state index contributed by atoms with van der Waals surface area (Å²) in [5.41, 5.74) is 2.70. The molecule has 3 heteroatoms. The minimum atomic E-state index is 0.359. The summed E-state index contributed by atoms with van der Waals surface area (Å²) in [5.74, 6) is 1.33. The number of pyridine rings is 1. The fourth-order valence-corrected chi connectivity index (χ4v) is 2.31. The highest BCUT2D eigenvalue weighted by Crippen LogP contribution is 2.27.